The lowest BCUT2D eigenvalue weighted by Crippen LogP contribution is -2.40. The molecule has 3 rings (SSSR count). The average Bonchev–Trinajstić information content (AvgIpc) is 2.80. The van der Waals surface area contributed by atoms with Gasteiger partial charge in [0.15, 0.2) is 0 Å². The van der Waals surface area contributed by atoms with Gasteiger partial charge in [-0.25, -0.2) is 0 Å². The van der Waals surface area contributed by atoms with Gasteiger partial charge in [-0.15, -0.1) is 0 Å². The summed E-state index contributed by atoms with van der Waals surface area (Å²) in [7, 11) is 0. The molecular weight excluding hydrogens is 529 g/mol. The monoisotopic (exact) mass is 555 g/mol. The minimum absolute atomic E-state index is 0.0467. The van der Waals surface area contributed by atoms with E-state index >= 15 is 0 Å². The van der Waals surface area contributed by atoms with E-state index in [0.29, 0.717) is 30.2 Å². The second-order valence-electron chi connectivity index (χ2n) is 9.46. The van der Waals surface area contributed by atoms with Gasteiger partial charge >= 0.3 is 24.5 Å². The summed E-state index contributed by atoms with van der Waals surface area (Å²) in [6.07, 6.45) is -14.0. The molecule has 3 nitrogen and oxygen atoms in total. The summed E-state index contributed by atoms with van der Waals surface area (Å²) in [4.78, 5) is 12.9. The van der Waals surface area contributed by atoms with Gasteiger partial charge < -0.3 is 5.11 Å². The van der Waals surface area contributed by atoms with E-state index < -0.39 is 64.8 Å². The van der Waals surface area contributed by atoms with E-state index in [1.165, 1.54) is 12.1 Å². The van der Waals surface area contributed by atoms with E-state index in [0.717, 1.165) is 12.1 Å². The Morgan fingerprint density at radius 3 is 2.00 bits per heavy atom. The fourth-order valence-electron chi connectivity index (χ4n) is 5.13. The van der Waals surface area contributed by atoms with Crippen LogP contribution in [0.4, 0.5) is 39.5 Å². The first kappa shape index (κ1) is 29.8. The van der Waals surface area contributed by atoms with Crippen molar-refractivity contribution in [3.05, 3.63) is 70.3 Å². The van der Waals surface area contributed by atoms with Gasteiger partial charge in [0.05, 0.1) is 16.7 Å². The summed E-state index contributed by atoms with van der Waals surface area (Å²) in [6.45, 7) is 1.72. The molecule has 1 aliphatic rings. The van der Waals surface area contributed by atoms with E-state index in [9.17, 15) is 49.4 Å². The van der Waals surface area contributed by atoms with Gasteiger partial charge in [-0.05, 0) is 73.2 Å². The Morgan fingerprint density at radius 1 is 0.921 bits per heavy atom. The Hall–Kier alpha value is -2.76. The first-order chi connectivity index (χ1) is 17.5. The summed E-state index contributed by atoms with van der Waals surface area (Å²) in [5, 5.41) is 9.25. The van der Waals surface area contributed by atoms with Crippen LogP contribution >= 0.6 is 0 Å². The molecule has 1 N–H and O–H groups in total. The van der Waals surface area contributed by atoms with Crippen molar-refractivity contribution in [2.24, 2.45) is 5.92 Å². The lowest BCUT2D eigenvalue weighted by molar-refractivity contribution is -0.142. The van der Waals surface area contributed by atoms with Crippen molar-refractivity contribution in [2.45, 2.75) is 69.6 Å². The summed E-state index contributed by atoms with van der Waals surface area (Å²) in [5.41, 5.74) is -3.65. The first-order valence-electron chi connectivity index (χ1n) is 11.9. The lowest BCUT2D eigenvalue weighted by Gasteiger charge is -2.45. The smallest absolute Gasteiger partial charge is 0.416 e. The normalized spacial score (nSPS) is 20.4. The molecule has 2 aromatic rings. The second kappa shape index (κ2) is 11.2. The number of nitrogens with zero attached hydrogens (tertiary/aromatic N) is 1. The van der Waals surface area contributed by atoms with Crippen LogP contribution in [0.2, 0.25) is 0 Å². The van der Waals surface area contributed by atoms with E-state index in [2.05, 4.69) is 0 Å². The van der Waals surface area contributed by atoms with Crippen LogP contribution in [0.1, 0.15) is 78.9 Å². The lowest BCUT2D eigenvalue weighted by atomic mass is 9.82. The highest BCUT2D eigenvalue weighted by Gasteiger charge is 2.42. The molecule has 0 amide bonds. The zero-order valence-electron chi connectivity index (χ0n) is 20.2. The van der Waals surface area contributed by atoms with Crippen LogP contribution in [0.25, 0.3) is 0 Å². The largest absolute Gasteiger partial charge is 0.481 e. The highest BCUT2D eigenvalue weighted by Crippen LogP contribution is 2.47. The van der Waals surface area contributed by atoms with Gasteiger partial charge in [0, 0.05) is 18.5 Å². The van der Waals surface area contributed by atoms with Crippen molar-refractivity contribution in [2.75, 3.05) is 6.54 Å². The molecule has 0 aromatic heterocycles. The maximum atomic E-state index is 14.0. The van der Waals surface area contributed by atoms with E-state index in [1.54, 1.807) is 11.8 Å². The number of carbonyl (C=O) groups is 1. The zero-order chi connectivity index (χ0) is 28.5. The maximum Gasteiger partial charge on any atom is 0.416 e. The fraction of sp³-hybridized carbons (Fsp3) is 0.500. The number of piperidine rings is 1. The number of carboxylic acids is 1. The molecule has 2 aromatic carbocycles. The average molecular weight is 555 g/mol. The van der Waals surface area contributed by atoms with Crippen LogP contribution in [-0.2, 0) is 23.3 Å². The Kier molecular flexibility index (Phi) is 8.74. The van der Waals surface area contributed by atoms with Crippen LogP contribution in [-0.4, -0.2) is 22.5 Å². The Bertz CT molecular complexity index is 1110. The Morgan fingerprint density at radius 2 is 1.50 bits per heavy atom. The van der Waals surface area contributed by atoms with Crippen LogP contribution in [0.15, 0.2) is 42.5 Å². The topological polar surface area (TPSA) is 40.5 Å². The van der Waals surface area contributed by atoms with Crippen molar-refractivity contribution in [1.82, 2.24) is 4.90 Å². The highest BCUT2D eigenvalue weighted by atomic mass is 19.4. The van der Waals surface area contributed by atoms with Crippen LogP contribution < -0.4 is 0 Å². The second-order valence-corrected chi connectivity index (χ2v) is 9.46. The molecule has 0 radical (unpaired) electrons. The third kappa shape index (κ3) is 7.00. The summed E-state index contributed by atoms with van der Waals surface area (Å²) >= 11 is 0. The van der Waals surface area contributed by atoms with E-state index in [1.807, 2.05) is 0 Å². The van der Waals surface area contributed by atoms with Crippen molar-refractivity contribution in [3.8, 4) is 0 Å². The molecule has 0 aliphatic carbocycles. The number of hydrogen-bond acceptors (Lipinski definition) is 2. The third-order valence-electron chi connectivity index (χ3n) is 6.84. The number of likely N-dealkylation sites (tertiary alicyclic amines) is 1. The molecule has 1 aliphatic heterocycles. The number of alkyl halides is 9. The number of rotatable bonds is 7. The van der Waals surface area contributed by atoms with Gasteiger partial charge in [-0.2, -0.15) is 39.5 Å². The minimum Gasteiger partial charge on any atom is -0.481 e. The highest BCUT2D eigenvalue weighted by molar-refractivity contribution is 5.67. The summed E-state index contributed by atoms with van der Waals surface area (Å²) in [6, 6.07) is 3.36. The number of hydrogen-bond donors (Lipinski definition) is 1. The predicted molar refractivity (Wildman–Crippen MR) is 120 cm³/mol. The van der Waals surface area contributed by atoms with E-state index in [-0.39, 0.29) is 32.2 Å². The number of carboxylic acid groups (broad SMARTS) is 1. The van der Waals surface area contributed by atoms with E-state index in [4.69, 9.17) is 0 Å². The van der Waals surface area contributed by atoms with Crippen LogP contribution in [0.3, 0.4) is 0 Å². The summed E-state index contributed by atoms with van der Waals surface area (Å²) < 4.78 is 122. The molecule has 210 valence electrons. The quantitative estimate of drug-likeness (QED) is 0.348. The molecule has 0 bridgehead atoms. The molecule has 3 atom stereocenters. The van der Waals surface area contributed by atoms with Crippen LogP contribution in [0, 0.1) is 5.92 Å². The van der Waals surface area contributed by atoms with Gasteiger partial charge in [0.25, 0.3) is 0 Å². The first-order valence-corrected chi connectivity index (χ1v) is 11.9. The Labute approximate surface area is 213 Å². The number of aliphatic carboxylic acids is 1. The maximum absolute atomic E-state index is 14.0. The molecule has 1 fully saturated rings. The van der Waals surface area contributed by atoms with Gasteiger partial charge in [0.1, 0.15) is 0 Å². The molecule has 1 saturated heterocycles. The molecule has 0 saturated carbocycles. The standard InChI is InChI=1S/C26H26F9NO2/c1-2-3-21(19-14-18(25(30,31)32)8-9-20(19)26(33,34)35)36-11-10-15(13-23(37)38)12-22(36)16-4-6-17(7-5-16)24(27,28)29/h4-9,14-15,21-22H,2-3,10-13H2,1H3,(H,37,38)/t15-,21+,22-/m0/s1. The molecule has 0 spiro atoms. The summed E-state index contributed by atoms with van der Waals surface area (Å²) in [5.74, 6) is -1.51. The SMILES string of the molecule is CCC[C@H](c1cc(C(F)(F)F)ccc1C(F)(F)F)N1CC[C@H](CC(=O)O)C[C@H]1c1ccc(C(F)(F)F)cc1. The molecule has 1 heterocycles. The molecule has 0 unspecified atom stereocenters. The molecular formula is C26H26F9NO2. The van der Waals surface area contributed by atoms with Crippen molar-refractivity contribution in [3.63, 3.8) is 0 Å². The zero-order valence-corrected chi connectivity index (χ0v) is 20.2. The Balaban J connectivity index is 2.14. The van der Waals surface area contributed by atoms with Crippen molar-refractivity contribution in [1.29, 1.82) is 0 Å². The van der Waals surface area contributed by atoms with Gasteiger partial charge in [-0.1, -0.05) is 25.5 Å². The molecule has 12 heteroatoms. The predicted octanol–water partition coefficient (Wildman–Crippen LogP) is 8.51. The third-order valence-corrected chi connectivity index (χ3v) is 6.84. The van der Waals surface area contributed by atoms with Crippen LogP contribution in [0.5, 0.6) is 0 Å². The van der Waals surface area contributed by atoms with Crippen molar-refractivity contribution >= 4 is 5.97 Å². The number of benzene rings is 2. The molecule has 38 heavy (non-hydrogen) atoms. The van der Waals surface area contributed by atoms with Gasteiger partial charge in [-0.3, -0.25) is 9.69 Å². The minimum atomic E-state index is -4.95. The van der Waals surface area contributed by atoms with Gasteiger partial charge in [0.2, 0.25) is 0 Å². The number of halogens is 9. The van der Waals surface area contributed by atoms with Crippen molar-refractivity contribution < 1.29 is 49.4 Å². The fourth-order valence-corrected chi connectivity index (χ4v) is 5.13.